The van der Waals surface area contributed by atoms with Crippen LogP contribution in [-0.2, 0) is 4.74 Å². The molecule has 0 aliphatic carbocycles. The molecule has 0 fully saturated rings. The predicted molar refractivity (Wildman–Crippen MR) is 135 cm³/mol. The van der Waals surface area contributed by atoms with E-state index in [2.05, 4.69) is 48.5 Å². The van der Waals surface area contributed by atoms with E-state index in [1.807, 2.05) is 25.8 Å². The van der Waals surface area contributed by atoms with Crippen LogP contribution >= 0.6 is 0 Å². The minimum atomic E-state index is -0.452. The average Bonchev–Trinajstić information content (AvgIpc) is 3.37. The summed E-state index contributed by atoms with van der Waals surface area (Å²) in [5.41, 5.74) is 11.3. The molecule has 8 heteroatoms. The van der Waals surface area contributed by atoms with Crippen LogP contribution in [0.1, 0.15) is 41.9 Å². The Labute approximate surface area is 201 Å². The smallest absolute Gasteiger partial charge is 0.338 e. The molecule has 34 heavy (non-hydrogen) atoms. The Balaban J connectivity index is 1.94. The monoisotopic (exact) mass is 460 g/mol. The van der Waals surface area contributed by atoms with Gasteiger partial charge < -0.3 is 29.3 Å². The van der Waals surface area contributed by atoms with Crippen molar-refractivity contribution in [3.63, 3.8) is 0 Å². The van der Waals surface area contributed by atoms with E-state index in [1.165, 1.54) is 18.3 Å². The van der Waals surface area contributed by atoms with Crippen LogP contribution in [0.25, 0.3) is 11.6 Å². The van der Waals surface area contributed by atoms with Gasteiger partial charge >= 0.3 is 5.97 Å². The number of methoxy groups -OCH3 is 2. The van der Waals surface area contributed by atoms with Crippen molar-refractivity contribution in [1.29, 1.82) is 0 Å². The zero-order valence-corrected chi connectivity index (χ0v) is 20.4. The third-order valence-corrected chi connectivity index (χ3v) is 6.56. The van der Waals surface area contributed by atoms with E-state index in [9.17, 15) is 4.79 Å². The lowest BCUT2D eigenvalue weighted by atomic mass is 9.93. The van der Waals surface area contributed by atoms with Gasteiger partial charge in [0.25, 0.3) is 7.41 Å². The van der Waals surface area contributed by atoms with Crippen molar-refractivity contribution in [2.45, 2.75) is 25.8 Å². The molecule has 0 saturated carbocycles. The number of carbonyl (C=O) groups excluding carboxylic acids is 1. The van der Waals surface area contributed by atoms with Crippen molar-refractivity contribution in [2.75, 3.05) is 34.3 Å². The second-order valence-electron chi connectivity index (χ2n) is 8.68. The standard InChI is InChI=1S/C26H31BN3O4/c1-17-15-26(2)10-8-19-21(25(31)33-5)13-18(32-4)14-23(19)34-16-27-30-12-6-7-22(30)20(9-11-28)24(17)29(26)3/h6-8,10,12-15H,9,11,16,28H2,1-5H3/b10-8+,24-20-. The number of benzene rings is 1. The molecule has 2 bridgehead atoms. The number of allylic oxidation sites excluding steroid dienone is 1. The van der Waals surface area contributed by atoms with Gasteiger partial charge in [-0.2, -0.15) is 0 Å². The first kappa shape index (κ1) is 23.8. The second kappa shape index (κ2) is 9.47. The van der Waals surface area contributed by atoms with Crippen molar-refractivity contribution >= 4 is 25.0 Å². The summed E-state index contributed by atoms with van der Waals surface area (Å²) in [6.45, 7) is 5.12. The summed E-state index contributed by atoms with van der Waals surface area (Å²) in [7, 11) is 6.99. The topological polar surface area (TPSA) is 78.9 Å². The molecule has 1 radical (unpaired) electrons. The number of hydrogen-bond acceptors (Lipinski definition) is 6. The number of esters is 1. The van der Waals surface area contributed by atoms with Crippen molar-refractivity contribution < 1.29 is 19.0 Å². The normalized spacial score (nSPS) is 22.6. The van der Waals surface area contributed by atoms with E-state index < -0.39 is 11.5 Å². The van der Waals surface area contributed by atoms with E-state index in [0.29, 0.717) is 35.7 Å². The zero-order valence-electron chi connectivity index (χ0n) is 20.4. The molecule has 1 unspecified atom stereocenters. The molecule has 0 saturated heterocycles. The summed E-state index contributed by atoms with van der Waals surface area (Å²) in [5, 5.41) is 0. The number of aromatic nitrogens is 1. The van der Waals surface area contributed by atoms with Gasteiger partial charge in [0.15, 0.2) is 0 Å². The highest BCUT2D eigenvalue weighted by molar-refractivity contribution is 6.34. The van der Waals surface area contributed by atoms with Crippen LogP contribution < -0.4 is 15.2 Å². The second-order valence-corrected chi connectivity index (χ2v) is 8.68. The Morgan fingerprint density at radius 3 is 2.82 bits per heavy atom. The Morgan fingerprint density at radius 1 is 1.32 bits per heavy atom. The number of ether oxygens (including phenoxy) is 3. The first-order valence-corrected chi connectivity index (χ1v) is 11.3. The molecular weight excluding hydrogens is 429 g/mol. The van der Waals surface area contributed by atoms with Crippen molar-refractivity contribution in [1.82, 2.24) is 9.38 Å². The fourth-order valence-corrected chi connectivity index (χ4v) is 4.78. The van der Waals surface area contributed by atoms with Gasteiger partial charge in [-0.25, -0.2) is 4.79 Å². The fraction of sp³-hybridized carbons (Fsp3) is 0.346. The summed E-state index contributed by atoms with van der Waals surface area (Å²) in [4.78, 5) is 14.9. The third kappa shape index (κ3) is 4.14. The van der Waals surface area contributed by atoms with Gasteiger partial charge in [0.05, 0.1) is 31.8 Å². The Bertz CT molecular complexity index is 1200. The lowest BCUT2D eigenvalue weighted by Gasteiger charge is -2.33. The maximum absolute atomic E-state index is 12.7. The highest BCUT2D eigenvalue weighted by Crippen LogP contribution is 2.41. The van der Waals surface area contributed by atoms with E-state index in [0.717, 1.165) is 17.8 Å². The van der Waals surface area contributed by atoms with E-state index in [-0.39, 0.29) is 0 Å². The first-order valence-electron chi connectivity index (χ1n) is 11.3. The van der Waals surface area contributed by atoms with E-state index in [1.54, 1.807) is 19.2 Å². The molecule has 1 aromatic carbocycles. The van der Waals surface area contributed by atoms with Gasteiger partial charge in [0.1, 0.15) is 11.5 Å². The molecule has 1 atom stereocenters. The maximum Gasteiger partial charge on any atom is 0.338 e. The molecule has 177 valence electrons. The summed E-state index contributed by atoms with van der Waals surface area (Å²) < 4.78 is 18.7. The van der Waals surface area contributed by atoms with Gasteiger partial charge in [-0.3, -0.25) is 0 Å². The molecule has 7 nitrogen and oxygen atoms in total. The number of nitrogens with zero attached hydrogens (tertiary/aromatic N) is 2. The number of rotatable bonds is 4. The minimum Gasteiger partial charge on any atom is -0.499 e. The predicted octanol–water partition coefficient (Wildman–Crippen LogP) is 3.52. The summed E-state index contributed by atoms with van der Waals surface area (Å²) in [6, 6.07) is 7.60. The van der Waals surface area contributed by atoms with Crippen molar-refractivity contribution in [3.8, 4) is 11.5 Å². The zero-order chi connectivity index (χ0) is 24.5. The number of carbonyl (C=O) groups is 1. The lowest BCUT2D eigenvalue weighted by molar-refractivity contribution is 0.0599. The minimum absolute atomic E-state index is 0.295. The van der Waals surface area contributed by atoms with Gasteiger partial charge in [-0.05, 0) is 62.4 Å². The molecule has 4 rings (SSSR count). The van der Waals surface area contributed by atoms with Gasteiger partial charge in [-0.15, -0.1) is 0 Å². The van der Waals surface area contributed by atoms with Crippen LogP contribution in [0.2, 0.25) is 0 Å². The Morgan fingerprint density at radius 2 is 2.12 bits per heavy atom. The molecule has 2 aliphatic heterocycles. The van der Waals surface area contributed by atoms with E-state index in [4.69, 9.17) is 19.9 Å². The molecule has 0 amide bonds. The highest BCUT2D eigenvalue weighted by atomic mass is 16.5. The van der Waals surface area contributed by atoms with Crippen molar-refractivity contribution in [2.24, 2.45) is 5.73 Å². The molecule has 1 aromatic heterocycles. The highest BCUT2D eigenvalue weighted by Gasteiger charge is 2.35. The van der Waals surface area contributed by atoms with Gasteiger partial charge in [-0.1, -0.05) is 18.2 Å². The number of nitrogens with two attached hydrogens (primary N) is 1. The molecule has 2 N–H and O–H groups in total. The number of fused-ring (bicyclic) bond motifs is 4. The molecule has 2 aromatic rings. The van der Waals surface area contributed by atoms with Crippen LogP contribution in [0.3, 0.4) is 0 Å². The summed E-state index contributed by atoms with van der Waals surface area (Å²) >= 11 is 0. The quantitative estimate of drug-likeness (QED) is 0.556. The molecule has 0 spiro atoms. The largest absolute Gasteiger partial charge is 0.499 e. The van der Waals surface area contributed by atoms with Crippen LogP contribution in [-0.4, -0.2) is 62.6 Å². The van der Waals surface area contributed by atoms with E-state index >= 15 is 0 Å². The lowest BCUT2D eigenvalue weighted by Crippen LogP contribution is -2.36. The fourth-order valence-electron chi connectivity index (χ4n) is 4.78. The number of likely N-dealkylation sites (N-methyl/N-ethyl adjacent to an activating group) is 1. The number of hydrogen-bond donors (Lipinski definition) is 1. The molecular formula is C26H31BN3O4. The third-order valence-electron chi connectivity index (χ3n) is 6.56. The van der Waals surface area contributed by atoms with Crippen molar-refractivity contribution in [3.05, 3.63) is 70.7 Å². The van der Waals surface area contributed by atoms with Crippen LogP contribution in [0, 0.1) is 0 Å². The average molecular weight is 460 g/mol. The Kier molecular flexibility index (Phi) is 6.62. The van der Waals surface area contributed by atoms with Crippen LogP contribution in [0.15, 0.2) is 53.9 Å². The molecule has 2 aliphatic rings. The Hall–Kier alpha value is -3.39. The summed E-state index contributed by atoms with van der Waals surface area (Å²) in [6.07, 6.45) is 9.01. The van der Waals surface area contributed by atoms with Crippen LogP contribution in [0.4, 0.5) is 0 Å². The van der Waals surface area contributed by atoms with Crippen LogP contribution in [0.5, 0.6) is 11.5 Å². The molecule has 3 heterocycles. The van der Waals surface area contributed by atoms with Gasteiger partial charge in [0, 0.05) is 30.1 Å². The van der Waals surface area contributed by atoms with Gasteiger partial charge in [0.2, 0.25) is 0 Å². The summed E-state index contributed by atoms with van der Waals surface area (Å²) in [5.74, 6) is 0.611. The first-order chi connectivity index (χ1) is 16.3. The maximum atomic E-state index is 12.7. The SMILES string of the molecule is COC(=O)c1cc(OC)cc2c1/C=C/C1(C)C=C(C)/C(=C(\CCN)c3cccn3[B]CO2)N1C.